The van der Waals surface area contributed by atoms with Crippen LogP contribution >= 0.6 is 0 Å². The van der Waals surface area contributed by atoms with Gasteiger partial charge >= 0.3 is 18.2 Å². The van der Waals surface area contributed by atoms with E-state index in [-0.39, 0.29) is 32.1 Å². The molecule has 0 aliphatic heterocycles. The van der Waals surface area contributed by atoms with E-state index in [4.69, 9.17) is 9.47 Å². The summed E-state index contributed by atoms with van der Waals surface area (Å²) in [5.74, 6) is -0.376. The molecular weight excluding hydrogens is 455 g/mol. The lowest BCUT2D eigenvalue weighted by atomic mass is 9.98. The van der Waals surface area contributed by atoms with Crippen LogP contribution in [-0.4, -0.2) is 67.3 Å². The van der Waals surface area contributed by atoms with Gasteiger partial charge in [0.15, 0.2) is 12.7 Å². The molecule has 1 atom stereocenters. The van der Waals surface area contributed by atoms with E-state index < -0.39 is 30.9 Å². The zero-order chi connectivity index (χ0) is 25.6. The van der Waals surface area contributed by atoms with Gasteiger partial charge in [0.2, 0.25) is 0 Å². The fourth-order valence-corrected chi connectivity index (χ4v) is 3.58. The van der Waals surface area contributed by atoms with Crippen LogP contribution in [0.25, 0.3) is 0 Å². The van der Waals surface area contributed by atoms with E-state index in [2.05, 4.69) is 4.74 Å². The molecule has 1 amide bonds. The molecule has 0 saturated carbocycles. The average Bonchev–Trinajstić information content (AvgIpc) is 2.77. The van der Waals surface area contributed by atoms with Gasteiger partial charge in [0.25, 0.3) is 0 Å². The molecule has 0 fully saturated rings. The molecule has 0 spiro atoms. The van der Waals surface area contributed by atoms with Gasteiger partial charge in [0, 0.05) is 19.6 Å². The van der Waals surface area contributed by atoms with Crippen molar-refractivity contribution in [3.63, 3.8) is 0 Å². The van der Waals surface area contributed by atoms with E-state index in [1.807, 2.05) is 13.8 Å². The maximum absolute atomic E-state index is 12.5. The Morgan fingerprint density at radius 1 is 1.06 bits per heavy atom. The number of carbonyl (C=O) groups excluding carboxylic acids is 1. The van der Waals surface area contributed by atoms with E-state index in [0.29, 0.717) is 12.3 Å². The number of rotatable bonds is 16. The Hall–Kier alpha value is -2.49. The van der Waals surface area contributed by atoms with Gasteiger partial charge in [-0.1, -0.05) is 38.8 Å². The largest absolute Gasteiger partial charge is 0.492 e. The first-order valence-electron chi connectivity index (χ1n) is 11.6. The fourth-order valence-electron chi connectivity index (χ4n) is 3.58. The fraction of sp³-hybridized carbons (Fsp3) is 0.667. The molecule has 34 heavy (non-hydrogen) atoms. The monoisotopic (exact) mass is 491 g/mol. The summed E-state index contributed by atoms with van der Waals surface area (Å²) in [6, 6.07) is 6.78. The quantitative estimate of drug-likeness (QED) is 0.337. The Kier molecular flexibility index (Phi) is 13.4. The molecule has 1 aromatic rings. The summed E-state index contributed by atoms with van der Waals surface area (Å²) in [5, 5.41) is 9.19. The number of amides is 1. The molecule has 0 heterocycles. The highest BCUT2D eigenvalue weighted by Gasteiger charge is 2.31. The third-order valence-corrected chi connectivity index (χ3v) is 5.11. The highest BCUT2D eigenvalue weighted by Crippen LogP contribution is 2.19. The summed E-state index contributed by atoms with van der Waals surface area (Å²) < 4.78 is 52.8. The van der Waals surface area contributed by atoms with Gasteiger partial charge in [-0.2, -0.15) is 13.2 Å². The molecule has 1 rings (SSSR count). The Labute approximate surface area is 199 Å². The number of nitrogens with zero attached hydrogens (tertiary/aromatic N) is 1. The molecule has 7 nitrogen and oxygen atoms in total. The van der Waals surface area contributed by atoms with Crippen LogP contribution in [0.2, 0.25) is 0 Å². The number of ether oxygens (including phenoxy) is 3. The molecule has 10 heteroatoms. The molecule has 0 bridgehead atoms. The Balaban J connectivity index is 2.71. The lowest BCUT2D eigenvalue weighted by Crippen LogP contribution is -2.40. The summed E-state index contributed by atoms with van der Waals surface area (Å²) in [7, 11) is 0. The summed E-state index contributed by atoms with van der Waals surface area (Å²) in [6.07, 6.45) is -2.80. The summed E-state index contributed by atoms with van der Waals surface area (Å²) in [4.78, 5) is 24.8. The number of aliphatic carboxylic acids is 1. The number of carboxylic acid groups (broad SMARTS) is 1. The van der Waals surface area contributed by atoms with Gasteiger partial charge < -0.3 is 24.2 Å². The number of carbonyl (C=O) groups is 2. The van der Waals surface area contributed by atoms with Crippen molar-refractivity contribution in [2.24, 2.45) is 5.92 Å². The minimum atomic E-state index is -4.59. The van der Waals surface area contributed by atoms with Gasteiger partial charge in [0.1, 0.15) is 12.4 Å². The van der Waals surface area contributed by atoms with Gasteiger partial charge in [-0.25, -0.2) is 9.59 Å². The van der Waals surface area contributed by atoms with E-state index in [9.17, 15) is 27.9 Å². The van der Waals surface area contributed by atoms with Crippen molar-refractivity contribution in [3.8, 4) is 5.75 Å². The first kappa shape index (κ1) is 29.5. The number of hydrogen-bond acceptors (Lipinski definition) is 5. The average molecular weight is 492 g/mol. The van der Waals surface area contributed by atoms with Crippen LogP contribution in [0.3, 0.4) is 0 Å². The third-order valence-electron chi connectivity index (χ3n) is 5.11. The predicted molar refractivity (Wildman–Crippen MR) is 121 cm³/mol. The Morgan fingerprint density at radius 3 is 2.18 bits per heavy atom. The molecule has 1 N–H and O–H groups in total. The Bertz CT molecular complexity index is 720. The molecule has 0 aliphatic carbocycles. The Morgan fingerprint density at radius 2 is 1.68 bits per heavy atom. The summed E-state index contributed by atoms with van der Waals surface area (Å²) in [5.41, 5.74) is 0.757. The topological polar surface area (TPSA) is 85.3 Å². The number of benzene rings is 1. The predicted octanol–water partition coefficient (Wildman–Crippen LogP) is 5.31. The molecule has 0 saturated heterocycles. The lowest BCUT2D eigenvalue weighted by molar-refractivity contribution is -0.162. The van der Waals surface area contributed by atoms with Crippen LogP contribution < -0.4 is 4.74 Å². The van der Waals surface area contributed by atoms with Crippen LogP contribution in [-0.2, 0) is 20.7 Å². The van der Waals surface area contributed by atoms with E-state index in [0.717, 1.165) is 31.2 Å². The van der Waals surface area contributed by atoms with Crippen molar-refractivity contribution in [2.45, 2.75) is 65.2 Å². The zero-order valence-corrected chi connectivity index (χ0v) is 20.1. The standard InChI is InChI=1S/C24H36F3NO6/c1-4-7-19(8-5-2)16-28(23(31)34-17-24(25,26)27)13-14-33-20-11-9-18(10-12-20)15-21(22(29)30)32-6-3/h9-12,19,21H,4-8,13-17H2,1-3H3,(H,29,30). The van der Waals surface area contributed by atoms with Crippen LogP contribution in [0, 0.1) is 5.92 Å². The van der Waals surface area contributed by atoms with Crippen LogP contribution in [0.1, 0.15) is 52.0 Å². The second kappa shape index (κ2) is 15.4. The van der Waals surface area contributed by atoms with Crippen molar-refractivity contribution in [2.75, 3.05) is 32.9 Å². The number of halogens is 3. The van der Waals surface area contributed by atoms with E-state index >= 15 is 0 Å². The smallest absolute Gasteiger partial charge is 0.422 e. The summed E-state index contributed by atoms with van der Waals surface area (Å²) >= 11 is 0. The van der Waals surface area contributed by atoms with Crippen LogP contribution in [0.5, 0.6) is 5.75 Å². The molecule has 194 valence electrons. The number of alkyl halides is 3. The van der Waals surface area contributed by atoms with E-state index in [1.165, 1.54) is 4.90 Å². The molecule has 0 aliphatic rings. The molecule has 0 aromatic heterocycles. The lowest BCUT2D eigenvalue weighted by Gasteiger charge is -2.27. The first-order valence-corrected chi connectivity index (χ1v) is 11.6. The molecular formula is C24H36F3NO6. The van der Waals surface area contributed by atoms with Gasteiger partial charge in [0.05, 0.1) is 6.54 Å². The van der Waals surface area contributed by atoms with Crippen molar-refractivity contribution in [3.05, 3.63) is 29.8 Å². The summed E-state index contributed by atoms with van der Waals surface area (Å²) in [6.45, 7) is 4.88. The second-order valence-electron chi connectivity index (χ2n) is 8.04. The highest BCUT2D eigenvalue weighted by molar-refractivity contribution is 5.72. The van der Waals surface area contributed by atoms with Crippen LogP contribution in [0.15, 0.2) is 24.3 Å². The van der Waals surface area contributed by atoms with Crippen molar-refractivity contribution < 1.29 is 42.1 Å². The van der Waals surface area contributed by atoms with Gasteiger partial charge in [-0.15, -0.1) is 0 Å². The van der Waals surface area contributed by atoms with Crippen molar-refractivity contribution in [1.29, 1.82) is 0 Å². The number of carboxylic acids is 1. The molecule has 1 aromatic carbocycles. The molecule has 1 unspecified atom stereocenters. The minimum absolute atomic E-state index is 0.0716. The van der Waals surface area contributed by atoms with Crippen molar-refractivity contribution in [1.82, 2.24) is 4.90 Å². The van der Waals surface area contributed by atoms with Gasteiger partial charge in [-0.3, -0.25) is 0 Å². The first-order chi connectivity index (χ1) is 16.1. The van der Waals surface area contributed by atoms with Crippen molar-refractivity contribution >= 4 is 12.1 Å². The highest BCUT2D eigenvalue weighted by atomic mass is 19.4. The molecule has 0 radical (unpaired) electrons. The maximum atomic E-state index is 12.5. The zero-order valence-electron chi connectivity index (χ0n) is 20.1. The third kappa shape index (κ3) is 12.1. The van der Waals surface area contributed by atoms with Gasteiger partial charge in [-0.05, 0) is 43.4 Å². The SMILES string of the molecule is CCCC(CCC)CN(CCOc1ccc(CC(OCC)C(=O)O)cc1)C(=O)OCC(F)(F)F. The minimum Gasteiger partial charge on any atom is -0.492 e. The second-order valence-corrected chi connectivity index (χ2v) is 8.04. The number of hydrogen-bond donors (Lipinski definition) is 1. The van der Waals surface area contributed by atoms with E-state index in [1.54, 1.807) is 31.2 Å². The van der Waals surface area contributed by atoms with Crippen LogP contribution in [0.4, 0.5) is 18.0 Å². The normalized spacial score (nSPS) is 12.4. The maximum Gasteiger partial charge on any atom is 0.422 e.